The number of nitrogens with zero attached hydrogens (tertiary/aromatic N) is 1. The quantitative estimate of drug-likeness (QED) is 0.699. The third-order valence-corrected chi connectivity index (χ3v) is 4.26. The second-order valence-electron chi connectivity index (χ2n) is 5.07. The maximum Gasteiger partial charge on any atom is 0.226 e. The fourth-order valence-electron chi connectivity index (χ4n) is 3.39. The highest BCUT2D eigenvalue weighted by molar-refractivity contribution is 5.85. The number of hydrogen-bond donors (Lipinski definition) is 1. The van der Waals surface area contributed by atoms with Crippen molar-refractivity contribution in [3.63, 3.8) is 0 Å². The van der Waals surface area contributed by atoms with Crippen LogP contribution in [0, 0.1) is 17.8 Å². The lowest BCUT2D eigenvalue weighted by Gasteiger charge is -2.36. The maximum absolute atomic E-state index is 11.7. The predicted octanol–water partition coefficient (Wildman–Crippen LogP) is 0.592. The van der Waals surface area contributed by atoms with Gasteiger partial charge in [-0.25, -0.2) is 0 Å². The van der Waals surface area contributed by atoms with Crippen molar-refractivity contribution < 1.29 is 4.79 Å². The SMILES string of the molecule is NCCC1CCN2C(=O)[C@H]3C[C@H]3C2C1. The van der Waals surface area contributed by atoms with E-state index in [1.165, 1.54) is 19.3 Å². The normalized spacial score (nSPS) is 44.9. The van der Waals surface area contributed by atoms with Crippen LogP contribution in [0.4, 0.5) is 0 Å². The number of carbonyl (C=O) groups is 1. The molecule has 3 rings (SSSR count). The second-order valence-corrected chi connectivity index (χ2v) is 5.07. The number of nitrogens with two attached hydrogens (primary N) is 1. The molecule has 3 heteroatoms. The van der Waals surface area contributed by atoms with Crippen molar-refractivity contribution in [2.24, 2.45) is 23.5 Å². The van der Waals surface area contributed by atoms with Crippen molar-refractivity contribution in [2.75, 3.05) is 13.1 Å². The molecule has 0 bridgehead atoms. The molecule has 1 amide bonds. The van der Waals surface area contributed by atoms with Gasteiger partial charge in [-0.15, -0.1) is 0 Å². The Morgan fingerprint density at radius 2 is 2.29 bits per heavy atom. The van der Waals surface area contributed by atoms with E-state index in [1.54, 1.807) is 0 Å². The van der Waals surface area contributed by atoms with Crippen LogP contribution in [0.2, 0.25) is 0 Å². The van der Waals surface area contributed by atoms with Gasteiger partial charge in [0.25, 0.3) is 0 Å². The molecule has 14 heavy (non-hydrogen) atoms. The Morgan fingerprint density at radius 1 is 1.43 bits per heavy atom. The van der Waals surface area contributed by atoms with Crippen LogP contribution in [0.3, 0.4) is 0 Å². The Bertz CT molecular complexity index is 266. The zero-order valence-corrected chi connectivity index (χ0v) is 8.48. The van der Waals surface area contributed by atoms with Crippen LogP contribution >= 0.6 is 0 Å². The van der Waals surface area contributed by atoms with Gasteiger partial charge in [0.1, 0.15) is 0 Å². The zero-order valence-electron chi connectivity index (χ0n) is 8.48. The minimum Gasteiger partial charge on any atom is -0.339 e. The average Bonchev–Trinajstić information content (AvgIpc) is 2.92. The van der Waals surface area contributed by atoms with Crippen molar-refractivity contribution in [3.05, 3.63) is 0 Å². The van der Waals surface area contributed by atoms with Crippen LogP contribution in [0.15, 0.2) is 0 Å². The van der Waals surface area contributed by atoms with E-state index < -0.39 is 0 Å². The predicted molar refractivity (Wildman–Crippen MR) is 53.5 cm³/mol. The fraction of sp³-hybridized carbons (Fsp3) is 0.909. The lowest BCUT2D eigenvalue weighted by Crippen LogP contribution is -2.43. The van der Waals surface area contributed by atoms with Gasteiger partial charge in [0.15, 0.2) is 0 Å². The Kier molecular flexibility index (Phi) is 1.84. The van der Waals surface area contributed by atoms with Gasteiger partial charge < -0.3 is 10.6 Å². The molecule has 2 unspecified atom stereocenters. The van der Waals surface area contributed by atoms with Gasteiger partial charge in [-0.1, -0.05) is 0 Å². The molecule has 1 aliphatic carbocycles. The van der Waals surface area contributed by atoms with E-state index in [1.807, 2.05) is 0 Å². The molecule has 2 saturated heterocycles. The number of amides is 1. The molecule has 0 radical (unpaired) electrons. The van der Waals surface area contributed by atoms with Crippen molar-refractivity contribution in [1.82, 2.24) is 4.90 Å². The Morgan fingerprint density at radius 3 is 3.07 bits per heavy atom. The van der Waals surface area contributed by atoms with E-state index in [-0.39, 0.29) is 0 Å². The molecular weight excluding hydrogens is 176 g/mol. The summed E-state index contributed by atoms with van der Waals surface area (Å²) >= 11 is 0. The zero-order chi connectivity index (χ0) is 9.71. The summed E-state index contributed by atoms with van der Waals surface area (Å²) in [5.74, 6) is 2.39. The van der Waals surface area contributed by atoms with Gasteiger partial charge >= 0.3 is 0 Å². The first kappa shape index (κ1) is 8.72. The van der Waals surface area contributed by atoms with Gasteiger partial charge in [0.2, 0.25) is 5.91 Å². The standard InChI is InChI=1S/C11H18N2O/c12-3-1-7-2-4-13-10(5-7)8-6-9(8)11(13)14/h7-10H,1-6,12H2/t7?,8-,9+,10?/m1/s1. The number of hydrogen-bond acceptors (Lipinski definition) is 2. The van der Waals surface area contributed by atoms with Gasteiger partial charge in [-0.05, 0) is 44.1 Å². The molecule has 4 atom stereocenters. The van der Waals surface area contributed by atoms with Crippen molar-refractivity contribution in [2.45, 2.75) is 31.7 Å². The first-order valence-corrected chi connectivity index (χ1v) is 5.82. The van der Waals surface area contributed by atoms with Crippen molar-refractivity contribution in [3.8, 4) is 0 Å². The second kappa shape index (κ2) is 2.96. The molecule has 0 aromatic carbocycles. The van der Waals surface area contributed by atoms with Gasteiger partial charge in [0, 0.05) is 18.5 Å². The highest BCUT2D eigenvalue weighted by atomic mass is 16.2. The summed E-state index contributed by atoms with van der Waals surface area (Å²) in [6.07, 6.45) is 4.73. The average molecular weight is 194 g/mol. The van der Waals surface area contributed by atoms with E-state index in [4.69, 9.17) is 5.73 Å². The molecule has 0 spiro atoms. The van der Waals surface area contributed by atoms with E-state index >= 15 is 0 Å². The van der Waals surface area contributed by atoms with Crippen LogP contribution in [0.5, 0.6) is 0 Å². The van der Waals surface area contributed by atoms with E-state index in [0.29, 0.717) is 17.9 Å². The molecule has 2 N–H and O–H groups in total. The lowest BCUT2D eigenvalue weighted by molar-refractivity contribution is -0.133. The topological polar surface area (TPSA) is 46.3 Å². The molecule has 0 aromatic heterocycles. The number of carbonyl (C=O) groups excluding carboxylic acids is 1. The number of rotatable bonds is 2. The van der Waals surface area contributed by atoms with E-state index in [0.717, 1.165) is 31.3 Å². The number of fused-ring (bicyclic) bond motifs is 3. The highest BCUT2D eigenvalue weighted by Crippen LogP contribution is 2.53. The van der Waals surface area contributed by atoms with E-state index in [9.17, 15) is 4.79 Å². The molecule has 0 aromatic rings. The molecular formula is C11H18N2O. The molecule has 2 aliphatic heterocycles. The minimum atomic E-state index is 0.427. The summed E-state index contributed by atoms with van der Waals surface area (Å²) in [6.45, 7) is 1.81. The smallest absolute Gasteiger partial charge is 0.226 e. The van der Waals surface area contributed by atoms with Gasteiger partial charge in [-0.3, -0.25) is 4.79 Å². The van der Waals surface area contributed by atoms with Crippen LogP contribution < -0.4 is 5.73 Å². The number of piperidine rings is 2. The summed E-state index contributed by atoms with van der Waals surface area (Å²) < 4.78 is 0. The van der Waals surface area contributed by atoms with Crippen LogP contribution in [-0.4, -0.2) is 29.9 Å². The van der Waals surface area contributed by atoms with Gasteiger partial charge in [-0.2, -0.15) is 0 Å². The minimum absolute atomic E-state index is 0.427. The van der Waals surface area contributed by atoms with Crippen LogP contribution in [0.1, 0.15) is 25.7 Å². The summed E-state index contributed by atoms with van der Waals surface area (Å²) in [5, 5.41) is 0. The molecule has 1 saturated carbocycles. The summed E-state index contributed by atoms with van der Waals surface area (Å²) in [4.78, 5) is 13.9. The third kappa shape index (κ3) is 1.11. The maximum atomic E-state index is 11.7. The highest BCUT2D eigenvalue weighted by Gasteiger charge is 2.59. The Balaban J connectivity index is 1.69. The lowest BCUT2D eigenvalue weighted by atomic mass is 9.87. The largest absolute Gasteiger partial charge is 0.339 e. The molecule has 2 heterocycles. The van der Waals surface area contributed by atoms with E-state index in [2.05, 4.69) is 4.90 Å². The fourth-order valence-corrected chi connectivity index (χ4v) is 3.39. The summed E-state index contributed by atoms with van der Waals surface area (Å²) in [7, 11) is 0. The van der Waals surface area contributed by atoms with Crippen LogP contribution in [0.25, 0.3) is 0 Å². The first-order chi connectivity index (χ1) is 6.81. The molecule has 3 aliphatic rings. The van der Waals surface area contributed by atoms with Gasteiger partial charge in [0.05, 0.1) is 0 Å². The molecule has 78 valence electrons. The molecule has 3 nitrogen and oxygen atoms in total. The Hall–Kier alpha value is -0.570. The van der Waals surface area contributed by atoms with Crippen molar-refractivity contribution >= 4 is 5.91 Å². The Labute approximate surface area is 84.6 Å². The van der Waals surface area contributed by atoms with Crippen LogP contribution in [-0.2, 0) is 4.79 Å². The molecule has 3 fully saturated rings. The first-order valence-electron chi connectivity index (χ1n) is 5.82. The van der Waals surface area contributed by atoms with Crippen molar-refractivity contribution in [1.29, 1.82) is 0 Å². The summed E-state index contributed by atoms with van der Waals surface area (Å²) in [6, 6.07) is 0.595. The monoisotopic (exact) mass is 194 g/mol. The summed E-state index contributed by atoms with van der Waals surface area (Å²) in [5.41, 5.74) is 5.59. The third-order valence-electron chi connectivity index (χ3n) is 4.26.